The number of ether oxygens (including phenoxy) is 1. The Balaban J connectivity index is 2.65. The maximum absolute atomic E-state index is 11.6. The van der Waals surface area contributed by atoms with Crippen molar-refractivity contribution >= 4 is 11.9 Å². The molecule has 0 aliphatic heterocycles. The summed E-state index contributed by atoms with van der Waals surface area (Å²) < 4.78 is 4.72. The average molecular weight is 225 g/mol. The molecule has 90 valence electrons. The molecule has 4 heteroatoms. The van der Waals surface area contributed by atoms with Gasteiger partial charge in [-0.05, 0) is 24.8 Å². The second-order valence-electron chi connectivity index (χ2n) is 4.11. The number of nitrogens with one attached hydrogen (secondary N) is 1. The third-order valence-electron chi connectivity index (χ3n) is 3.06. The SMILES string of the molecule is C=CC(=O)N[C@@H](C(=O)OC)C1CCCCC1. The quantitative estimate of drug-likeness (QED) is 0.581. The normalized spacial score (nSPS) is 18.6. The van der Waals surface area contributed by atoms with Crippen LogP contribution in [0.1, 0.15) is 32.1 Å². The second kappa shape index (κ2) is 6.30. The number of hydrogen-bond acceptors (Lipinski definition) is 3. The van der Waals surface area contributed by atoms with Gasteiger partial charge in [-0.1, -0.05) is 25.8 Å². The lowest BCUT2D eigenvalue weighted by Crippen LogP contribution is -2.46. The highest BCUT2D eigenvalue weighted by molar-refractivity contribution is 5.91. The molecule has 0 saturated heterocycles. The topological polar surface area (TPSA) is 55.4 Å². The molecule has 0 unspecified atom stereocenters. The van der Waals surface area contributed by atoms with E-state index >= 15 is 0 Å². The number of methoxy groups -OCH3 is 1. The minimum absolute atomic E-state index is 0.199. The Bertz CT molecular complexity index is 269. The lowest BCUT2D eigenvalue weighted by molar-refractivity contribution is -0.146. The van der Waals surface area contributed by atoms with Crippen molar-refractivity contribution in [2.45, 2.75) is 38.1 Å². The van der Waals surface area contributed by atoms with Gasteiger partial charge in [0.15, 0.2) is 0 Å². The predicted octanol–water partition coefficient (Wildman–Crippen LogP) is 1.41. The monoisotopic (exact) mass is 225 g/mol. The molecule has 1 fully saturated rings. The molecule has 1 N–H and O–H groups in total. The Morgan fingerprint density at radius 2 is 2.00 bits per heavy atom. The minimum atomic E-state index is -0.518. The molecule has 1 amide bonds. The fourth-order valence-electron chi connectivity index (χ4n) is 2.18. The lowest BCUT2D eigenvalue weighted by Gasteiger charge is -2.28. The molecule has 1 rings (SSSR count). The van der Waals surface area contributed by atoms with E-state index < -0.39 is 6.04 Å². The number of hydrogen-bond donors (Lipinski definition) is 1. The maximum atomic E-state index is 11.6. The van der Waals surface area contributed by atoms with Crippen LogP contribution in [0.25, 0.3) is 0 Å². The van der Waals surface area contributed by atoms with Gasteiger partial charge in [-0.2, -0.15) is 0 Å². The average Bonchev–Trinajstić information content (AvgIpc) is 2.35. The summed E-state index contributed by atoms with van der Waals surface area (Å²) in [7, 11) is 1.35. The zero-order valence-corrected chi connectivity index (χ0v) is 9.70. The zero-order valence-electron chi connectivity index (χ0n) is 9.70. The van der Waals surface area contributed by atoms with Crippen molar-refractivity contribution in [3.63, 3.8) is 0 Å². The lowest BCUT2D eigenvalue weighted by atomic mass is 9.84. The van der Waals surface area contributed by atoms with Crippen molar-refractivity contribution in [2.75, 3.05) is 7.11 Å². The first-order valence-corrected chi connectivity index (χ1v) is 5.69. The molecule has 4 nitrogen and oxygen atoms in total. The Labute approximate surface area is 96.0 Å². The van der Waals surface area contributed by atoms with Crippen LogP contribution in [-0.2, 0) is 14.3 Å². The van der Waals surface area contributed by atoms with E-state index in [4.69, 9.17) is 4.74 Å². The van der Waals surface area contributed by atoms with Gasteiger partial charge in [0.25, 0.3) is 0 Å². The van der Waals surface area contributed by atoms with Gasteiger partial charge >= 0.3 is 5.97 Å². The van der Waals surface area contributed by atoms with Gasteiger partial charge in [0.1, 0.15) is 6.04 Å². The van der Waals surface area contributed by atoms with Crippen LogP contribution >= 0.6 is 0 Å². The standard InChI is InChI=1S/C12H19NO3/c1-3-10(14)13-11(12(15)16-2)9-7-5-4-6-8-9/h3,9,11H,1,4-8H2,2H3,(H,13,14)/t11-/m1/s1. The summed E-state index contributed by atoms with van der Waals surface area (Å²) in [6.45, 7) is 3.38. The highest BCUT2D eigenvalue weighted by Gasteiger charge is 2.30. The molecule has 0 bridgehead atoms. The number of carbonyl (C=O) groups is 2. The Morgan fingerprint density at radius 3 is 2.50 bits per heavy atom. The van der Waals surface area contributed by atoms with Crippen molar-refractivity contribution in [3.05, 3.63) is 12.7 Å². The van der Waals surface area contributed by atoms with Crippen molar-refractivity contribution in [3.8, 4) is 0 Å². The van der Waals surface area contributed by atoms with Crippen molar-refractivity contribution in [2.24, 2.45) is 5.92 Å². The van der Waals surface area contributed by atoms with E-state index in [2.05, 4.69) is 11.9 Å². The summed E-state index contributed by atoms with van der Waals surface area (Å²) in [4.78, 5) is 22.8. The van der Waals surface area contributed by atoms with Gasteiger partial charge in [0.05, 0.1) is 7.11 Å². The maximum Gasteiger partial charge on any atom is 0.328 e. The summed E-state index contributed by atoms with van der Waals surface area (Å²) in [6.07, 6.45) is 6.55. The van der Waals surface area contributed by atoms with Crippen LogP contribution < -0.4 is 5.32 Å². The summed E-state index contributed by atoms with van der Waals surface area (Å²) >= 11 is 0. The third-order valence-corrected chi connectivity index (χ3v) is 3.06. The van der Waals surface area contributed by atoms with E-state index in [1.807, 2.05) is 0 Å². The molecular weight excluding hydrogens is 206 g/mol. The Hall–Kier alpha value is -1.32. The molecule has 1 aliphatic rings. The first kappa shape index (κ1) is 12.7. The second-order valence-corrected chi connectivity index (χ2v) is 4.11. The summed E-state index contributed by atoms with van der Waals surface area (Å²) in [5.41, 5.74) is 0. The molecule has 0 aromatic carbocycles. The molecule has 16 heavy (non-hydrogen) atoms. The number of esters is 1. The molecule has 0 heterocycles. The van der Waals surface area contributed by atoms with Gasteiger partial charge in [-0.3, -0.25) is 4.79 Å². The zero-order chi connectivity index (χ0) is 12.0. The van der Waals surface area contributed by atoms with Gasteiger partial charge in [0, 0.05) is 0 Å². The smallest absolute Gasteiger partial charge is 0.328 e. The fraction of sp³-hybridized carbons (Fsp3) is 0.667. The number of rotatable bonds is 4. The third kappa shape index (κ3) is 3.36. The van der Waals surface area contributed by atoms with Gasteiger partial charge in [0.2, 0.25) is 5.91 Å². The Kier molecular flexibility index (Phi) is 5.02. The van der Waals surface area contributed by atoms with Crippen molar-refractivity contribution < 1.29 is 14.3 Å². The Morgan fingerprint density at radius 1 is 1.38 bits per heavy atom. The molecule has 0 aromatic heterocycles. The van der Waals surface area contributed by atoms with Crippen LogP contribution in [0, 0.1) is 5.92 Å². The van der Waals surface area contributed by atoms with Crippen molar-refractivity contribution in [1.82, 2.24) is 5.32 Å². The molecular formula is C12H19NO3. The van der Waals surface area contributed by atoms with Crippen LogP contribution in [0.3, 0.4) is 0 Å². The molecule has 0 radical (unpaired) electrons. The highest BCUT2D eigenvalue weighted by atomic mass is 16.5. The first-order chi connectivity index (χ1) is 7.69. The van der Waals surface area contributed by atoms with E-state index in [1.54, 1.807) is 0 Å². The molecule has 1 saturated carbocycles. The largest absolute Gasteiger partial charge is 0.467 e. The van der Waals surface area contributed by atoms with Crippen LogP contribution in [0.5, 0.6) is 0 Å². The van der Waals surface area contributed by atoms with Gasteiger partial charge in [-0.25, -0.2) is 4.79 Å². The molecule has 0 aromatic rings. The number of amides is 1. The van der Waals surface area contributed by atoms with E-state index in [1.165, 1.54) is 19.6 Å². The van der Waals surface area contributed by atoms with E-state index in [-0.39, 0.29) is 17.8 Å². The van der Waals surface area contributed by atoms with Gasteiger partial charge in [-0.15, -0.1) is 0 Å². The van der Waals surface area contributed by atoms with Crippen LogP contribution in [0.15, 0.2) is 12.7 Å². The van der Waals surface area contributed by atoms with Gasteiger partial charge < -0.3 is 10.1 Å². The van der Waals surface area contributed by atoms with Crippen molar-refractivity contribution in [1.29, 1.82) is 0 Å². The number of carbonyl (C=O) groups excluding carboxylic acids is 2. The van der Waals surface area contributed by atoms with E-state index in [9.17, 15) is 9.59 Å². The van der Waals surface area contributed by atoms with E-state index in [0.717, 1.165) is 25.7 Å². The predicted molar refractivity (Wildman–Crippen MR) is 60.7 cm³/mol. The first-order valence-electron chi connectivity index (χ1n) is 5.69. The summed E-state index contributed by atoms with van der Waals surface area (Å²) in [6, 6.07) is -0.518. The van der Waals surface area contributed by atoms with Crippen LogP contribution in [0.4, 0.5) is 0 Å². The fourth-order valence-corrected chi connectivity index (χ4v) is 2.18. The summed E-state index contributed by atoms with van der Waals surface area (Å²) in [5.74, 6) is -0.479. The van der Waals surface area contributed by atoms with Crippen LogP contribution in [0.2, 0.25) is 0 Å². The molecule has 1 aliphatic carbocycles. The van der Waals surface area contributed by atoms with Crippen LogP contribution in [-0.4, -0.2) is 25.0 Å². The minimum Gasteiger partial charge on any atom is -0.467 e. The van der Waals surface area contributed by atoms with E-state index in [0.29, 0.717) is 0 Å². The highest BCUT2D eigenvalue weighted by Crippen LogP contribution is 2.27. The molecule has 1 atom stereocenters. The summed E-state index contributed by atoms with van der Waals surface area (Å²) in [5, 5.41) is 2.66. The molecule has 0 spiro atoms.